The SMILES string of the molecule is CCCN1C(=O)CC(N)C1c1cc(F)ccc1F. The maximum absolute atomic E-state index is 13.8. The first-order valence-electron chi connectivity index (χ1n) is 6.04. The maximum Gasteiger partial charge on any atom is 0.224 e. The summed E-state index contributed by atoms with van der Waals surface area (Å²) in [5.41, 5.74) is 6.06. The molecule has 1 aromatic carbocycles. The Balaban J connectivity index is 2.40. The number of rotatable bonds is 3. The molecule has 1 saturated heterocycles. The number of hydrogen-bond donors (Lipinski definition) is 1. The van der Waals surface area contributed by atoms with Crippen LogP contribution in [-0.4, -0.2) is 23.4 Å². The van der Waals surface area contributed by atoms with Gasteiger partial charge in [0, 0.05) is 24.6 Å². The molecule has 2 atom stereocenters. The summed E-state index contributed by atoms with van der Waals surface area (Å²) < 4.78 is 27.0. The summed E-state index contributed by atoms with van der Waals surface area (Å²) in [6.07, 6.45) is 0.937. The standard InChI is InChI=1S/C13H16F2N2O/c1-2-5-17-12(18)7-11(16)13(17)9-6-8(14)3-4-10(9)15/h3-4,6,11,13H,2,5,7,16H2,1H3. The predicted molar refractivity (Wildman–Crippen MR) is 63.7 cm³/mol. The topological polar surface area (TPSA) is 46.3 Å². The minimum Gasteiger partial charge on any atom is -0.334 e. The van der Waals surface area contributed by atoms with Crippen molar-refractivity contribution in [2.24, 2.45) is 5.73 Å². The average molecular weight is 254 g/mol. The van der Waals surface area contributed by atoms with Crippen LogP contribution in [0.5, 0.6) is 0 Å². The van der Waals surface area contributed by atoms with Crippen molar-refractivity contribution in [3.8, 4) is 0 Å². The molecular weight excluding hydrogens is 238 g/mol. The molecule has 18 heavy (non-hydrogen) atoms. The Hall–Kier alpha value is -1.49. The summed E-state index contributed by atoms with van der Waals surface area (Å²) in [5.74, 6) is -1.14. The molecule has 5 heteroatoms. The van der Waals surface area contributed by atoms with Crippen molar-refractivity contribution in [3.05, 3.63) is 35.4 Å². The zero-order valence-electron chi connectivity index (χ0n) is 10.2. The number of hydrogen-bond acceptors (Lipinski definition) is 2. The zero-order chi connectivity index (χ0) is 13.3. The van der Waals surface area contributed by atoms with Gasteiger partial charge in [-0.25, -0.2) is 8.78 Å². The van der Waals surface area contributed by atoms with E-state index < -0.39 is 23.7 Å². The Morgan fingerprint density at radius 1 is 1.44 bits per heavy atom. The van der Waals surface area contributed by atoms with Crippen LogP contribution < -0.4 is 5.73 Å². The van der Waals surface area contributed by atoms with Gasteiger partial charge in [-0.15, -0.1) is 0 Å². The van der Waals surface area contributed by atoms with Crippen molar-refractivity contribution in [2.75, 3.05) is 6.54 Å². The first kappa shape index (κ1) is 13.0. The number of nitrogens with two attached hydrogens (primary N) is 1. The van der Waals surface area contributed by atoms with Crippen LogP contribution in [0.1, 0.15) is 31.4 Å². The highest BCUT2D eigenvalue weighted by Crippen LogP contribution is 2.33. The molecule has 1 amide bonds. The van der Waals surface area contributed by atoms with E-state index in [0.717, 1.165) is 24.6 Å². The third kappa shape index (κ3) is 2.22. The fourth-order valence-electron chi connectivity index (χ4n) is 2.46. The molecule has 0 radical (unpaired) electrons. The van der Waals surface area contributed by atoms with Gasteiger partial charge >= 0.3 is 0 Å². The van der Waals surface area contributed by atoms with E-state index in [-0.39, 0.29) is 17.9 Å². The summed E-state index contributed by atoms with van der Waals surface area (Å²) in [5, 5.41) is 0. The van der Waals surface area contributed by atoms with E-state index in [1.165, 1.54) is 0 Å². The van der Waals surface area contributed by atoms with Gasteiger partial charge in [-0.05, 0) is 24.6 Å². The molecule has 98 valence electrons. The third-order valence-corrected chi connectivity index (χ3v) is 3.21. The minimum atomic E-state index is -0.562. The van der Waals surface area contributed by atoms with Crippen molar-refractivity contribution in [1.29, 1.82) is 0 Å². The first-order chi connectivity index (χ1) is 8.54. The van der Waals surface area contributed by atoms with Gasteiger partial charge in [-0.1, -0.05) is 6.92 Å². The molecule has 1 aliphatic heterocycles. The van der Waals surface area contributed by atoms with Crippen LogP contribution >= 0.6 is 0 Å². The number of nitrogens with zero attached hydrogens (tertiary/aromatic N) is 1. The smallest absolute Gasteiger partial charge is 0.224 e. The van der Waals surface area contributed by atoms with E-state index in [1.54, 1.807) is 4.90 Å². The monoisotopic (exact) mass is 254 g/mol. The molecule has 1 aromatic rings. The summed E-state index contributed by atoms with van der Waals surface area (Å²) in [4.78, 5) is 13.3. The van der Waals surface area contributed by atoms with Gasteiger partial charge in [0.2, 0.25) is 5.91 Å². The number of benzene rings is 1. The van der Waals surface area contributed by atoms with Crippen LogP contribution in [0.25, 0.3) is 0 Å². The van der Waals surface area contributed by atoms with Crippen molar-refractivity contribution in [1.82, 2.24) is 4.90 Å². The van der Waals surface area contributed by atoms with Crippen LogP contribution in [0.3, 0.4) is 0 Å². The minimum absolute atomic E-state index is 0.0991. The predicted octanol–water partition coefficient (Wildman–Crippen LogP) is 1.98. The lowest BCUT2D eigenvalue weighted by atomic mass is 10.00. The van der Waals surface area contributed by atoms with Crippen molar-refractivity contribution < 1.29 is 13.6 Å². The summed E-state index contributed by atoms with van der Waals surface area (Å²) in [7, 11) is 0. The molecule has 1 aliphatic rings. The van der Waals surface area contributed by atoms with E-state index in [2.05, 4.69) is 0 Å². The van der Waals surface area contributed by atoms with Crippen LogP contribution in [0.2, 0.25) is 0 Å². The van der Waals surface area contributed by atoms with Gasteiger partial charge in [0.25, 0.3) is 0 Å². The number of carbonyl (C=O) groups is 1. The Kier molecular flexibility index (Phi) is 3.61. The maximum atomic E-state index is 13.8. The normalized spacial score (nSPS) is 23.8. The van der Waals surface area contributed by atoms with Crippen LogP contribution in [0.4, 0.5) is 8.78 Å². The number of carbonyl (C=O) groups excluding carboxylic acids is 1. The van der Waals surface area contributed by atoms with E-state index in [1.807, 2.05) is 6.92 Å². The molecule has 0 spiro atoms. The van der Waals surface area contributed by atoms with Crippen molar-refractivity contribution in [3.63, 3.8) is 0 Å². The molecule has 0 aromatic heterocycles. The highest BCUT2D eigenvalue weighted by Gasteiger charge is 2.39. The van der Waals surface area contributed by atoms with Gasteiger partial charge < -0.3 is 10.6 Å². The quantitative estimate of drug-likeness (QED) is 0.896. The molecule has 2 rings (SSSR count). The largest absolute Gasteiger partial charge is 0.334 e. The Bertz CT molecular complexity index is 464. The van der Waals surface area contributed by atoms with Crippen molar-refractivity contribution >= 4 is 5.91 Å². The number of amides is 1. The third-order valence-electron chi connectivity index (χ3n) is 3.21. The molecule has 0 aliphatic carbocycles. The average Bonchev–Trinajstić information content (AvgIpc) is 2.58. The first-order valence-corrected chi connectivity index (χ1v) is 6.04. The van der Waals surface area contributed by atoms with Crippen LogP contribution in [0.15, 0.2) is 18.2 Å². The molecule has 0 bridgehead atoms. The Morgan fingerprint density at radius 3 is 2.83 bits per heavy atom. The highest BCUT2D eigenvalue weighted by atomic mass is 19.1. The lowest BCUT2D eigenvalue weighted by molar-refractivity contribution is -0.129. The molecule has 1 heterocycles. The molecule has 1 fully saturated rings. The van der Waals surface area contributed by atoms with Crippen LogP contribution in [0, 0.1) is 11.6 Å². The lowest BCUT2D eigenvalue weighted by Gasteiger charge is -2.27. The van der Waals surface area contributed by atoms with E-state index >= 15 is 0 Å². The molecule has 3 nitrogen and oxygen atoms in total. The van der Waals surface area contributed by atoms with Crippen LogP contribution in [-0.2, 0) is 4.79 Å². The Morgan fingerprint density at radius 2 is 2.17 bits per heavy atom. The second-order valence-electron chi connectivity index (χ2n) is 4.57. The fourth-order valence-corrected chi connectivity index (χ4v) is 2.46. The van der Waals surface area contributed by atoms with E-state index in [4.69, 9.17) is 5.73 Å². The highest BCUT2D eigenvalue weighted by molar-refractivity contribution is 5.80. The van der Waals surface area contributed by atoms with Gasteiger partial charge in [0.1, 0.15) is 11.6 Å². The number of halogens is 2. The molecule has 2 N–H and O–H groups in total. The summed E-state index contributed by atoms with van der Waals surface area (Å²) in [6, 6.07) is 2.21. The fraction of sp³-hybridized carbons (Fsp3) is 0.462. The summed E-state index contributed by atoms with van der Waals surface area (Å²) >= 11 is 0. The lowest BCUT2D eigenvalue weighted by Crippen LogP contribution is -2.34. The van der Waals surface area contributed by atoms with Gasteiger partial charge in [0.05, 0.1) is 6.04 Å². The second-order valence-corrected chi connectivity index (χ2v) is 4.57. The van der Waals surface area contributed by atoms with Gasteiger partial charge in [-0.2, -0.15) is 0 Å². The number of likely N-dealkylation sites (tertiary alicyclic amines) is 1. The molecule has 2 unspecified atom stereocenters. The second kappa shape index (κ2) is 5.02. The summed E-state index contributed by atoms with van der Waals surface area (Å²) in [6.45, 7) is 2.43. The van der Waals surface area contributed by atoms with E-state index in [9.17, 15) is 13.6 Å². The van der Waals surface area contributed by atoms with Crippen molar-refractivity contribution in [2.45, 2.75) is 31.8 Å². The van der Waals surface area contributed by atoms with E-state index in [0.29, 0.717) is 6.54 Å². The zero-order valence-corrected chi connectivity index (χ0v) is 10.2. The van der Waals surface area contributed by atoms with Gasteiger partial charge in [0.15, 0.2) is 0 Å². The molecule has 0 saturated carbocycles. The van der Waals surface area contributed by atoms with Gasteiger partial charge in [-0.3, -0.25) is 4.79 Å². The Labute approximate surface area is 105 Å². The molecular formula is C13H16F2N2O.